The van der Waals surface area contributed by atoms with Crippen molar-refractivity contribution in [1.29, 1.82) is 0 Å². The third-order valence-corrected chi connectivity index (χ3v) is 3.75. The van der Waals surface area contributed by atoms with Crippen LogP contribution in [0, 0.1) is 6.21 Å². The molecule has 0 amide bonds. The van der Waals surface area contributed by atoms with Crippen molar-refractivity contribution < 1.29 is 9.46 Å². The first-order valence-electron chi connectivity index (χ1n) is 6.85. The lowest BCUT2D eigenvalue weighted by Gasteiger charge is -2.15. The van der Waals surface area contributed by atoms with Gasteiger partial charge in [0.1, 0.15) is 0 Å². The first-order valence-corrected chi connectivity index (χ1v) is 6.85. The number of rotatable bonds is 3. The van der Waals surface area contributed by atoms with Crippen LogP contribution in [0.3, 0.4) is 0 Å². The molecule has 1 aromatic carbocycles. The number of aromatic hydroxyl groups is 1. The van der Waals surface area contributed by atoms with Gasteiger partial charge in [0.2, 0.25) is 0 Å². The Hall–Kier alpha value is -2.63. The molecule has 21 heavy (non-hydrogen) atoms. The van der Waals surface area contributed by atoms with Crippen molar-refractivity contribution in [2.75, 3.05) is 30.0 Å². The van der Waals surface area contributed by atoms with E-state index in [2.05, 4.69) is 11.9 Å². The lowest BCUT2D eigenvalue weighted by atomic mass is 10.2. The van der Waals surface area contributed by atoms with Crippen LogP contribution in [0.5, 0.6) is 5.88 Å². The van der Waals surface area contributed by atoms with Gasteiger partial charge in [-0.15, -0.1) is 4.68 Å². The predicted octanol–water partition coefficient (Wildman–Crippen LogP) is 0.697. The highest BCUT2D eigenvalue weighted by Crippen LogP contribution is 2.29. The zero-order valence-electron chi connectivity index (χ0n) is 12.3. The van der Waals surface area contributed by atoms with E-state index >= 15 is 0 Å². The van der Waals surface area contributed by atoms with E-state index in [9.17, 15) is 5.11 Å². The maximum Gasteiger partial charge on any atom is 0.275 e. The molecule has 2 heterocycles. The van der Waals surface area contributed by atoms with Crippen LogP contribution in [0.1, 0.15) is 6.42 Å². The van der Waals surface area contributed by atoms with E-state index in [1.54, 1.807) is 4.68 Å². The summed E-state index contributed by atoms with van der Waals surface area (Å²) in [7, 11) is 3.93. The van der Waals surface area contributed by atoms with Crippen molar-refractivity contribution in [2.45, 2.75) is 13.0 Å². The van der Waals surface area contributed by atoms with Crippen molar-refractivity contribution in [1.82, 2.24) is 4.68 Å². The number of nitrogens with one attached hydrogen (secondary N) is 1. The first kappa shape index (κ1) is 13.4. The first-order chi connectivity index (χ1) is 9.99. The molecule has 0 saturated heterocycles. The zero-order chi connectivity index (χ0) is 15.1. The average Bonchev–Trinajstić information content (AvgIpc) is 3.00. The minimum Gasteiger partial charge on any atom is -0.489 e. The number of nitrogens with two attached hydrogens (primary N) is 1. The largest absolute Gasteiger partial charge is 0.489 e. The van der Waals surface area contributed by atoms with E-state index in [-0.39, 0.29) is 5.88 Å². The Morgan fingerprint density at radius 1 is 1.43 bits per heavy atom. The Bertz CT molecular complexity index is 806. The fraction of sp³-hybridized carbons (Fsp3) is 0.267. The number of nitrogen functional groups attached to an aromatic ring is 1. The van der Waals surface area contributed by atoms with Crippen molar-refractivity contribution in [2.24, 2.45) is 0 Å². The van der Waals surface area contributed by atoms with Crippen molar-refractivity contribution in [3.63, 3.8) is 0 Å². The lowest BCUT2D eigenvalue weighted by molar-refractivity contribution is -0.607. The van der Waals surface area contributed by atoms with E-state index in [4.69, 9.17) is 5.73 Å². The van der Waals surface area contributed by atoms with E-state index < -0.39 is 0 Å². The minimum atomic E-state index is 0.185. The van der Waals surface area contributed by atoms with Gasteiger partial charge in [0.25, 0.3) is 11.2 Å². The Morgan fingerprint density at radius 2 is 2.19 bits per heavy atom. The Labute approximate surface area is 123 Å². The molecule has 0 saturated carbocycles. The molecule has 1 aliphatic heterocycles. The summed E-state index contributed by atoms with van der Waals surface area (Å²) in [6.07, 6.45) is 2.90. The number of nitrogens with zero attached hydrogens (tertiary/aromatic N) is 3. The molecule has 1 aromatic heterocycles. The Balaban J connectivity index is 2.01. The molecule has 4 N–H and O–H groups in total. The molecule has 0 radical (unpaired) electrons. The number of anilines is 4. The van der Waals surface area contributed by atoms with Gasteiger partial charge in [0.05, 0.1) is 24.3 Å². The molecule has 0 aliphatic carbocycles. The molecule has 0 fully saturated rings. The Kier molecular flexibility index (Phi) is 3.01. The molecule has 3 rings (SSSR count). The van der Waals surface area contributed by atoms with Crippen molar-refractivity contribution in [3.05, 3.63) is 29.8 Å². The molecule has 0 spiro atoms. The summed E-state index contributed by atoms with van der Waals surface area (Å²) in [6.45, 7) is 4.78. The lowest BCUT2D eigenvalue weighted by Crippen LogP contribution is -2.38. The second kappa shape index (κ2) is 4.73. The molecular weight excluding hydrogens is 266 g/mol. The molecular formula is C15H20N5O+. The number of fused-ring (bicyclic) bond motifs is 1. The normalized spacial score (nSPS) is 12.9. The molecule has 1 aliphatic rings. The van der Waals surface area contributed by atoms with Gasteiger partial charge in [0, 0.05) is 19.8 Å². The van der Waals surface area contributed by atoms with Gasteiger partial charge in [-0.2, -0.15) is 0 Å². The fourth-order valence-electron chi connectivity index (χ4n) is 2.55. The highest BCUT2D eigenvalue weighted by atomic mass is 16.3. The van der Waals surface area contributed by atoms with Gasteiger partial charge in [-0.1, -0.05) is 4.36 Å². The van der Waals surface area contributed by atoms with E-state index in [0.717, 1.165) is 29.7 Å². The van der Waals surface area contributed by atoms with Crippen LogP contribution in [0.25, 0.3) is 6.58 Å². The maximum atomic E-state index is 10.3. The van der Waals surface area contributed by atoms with Crippen molar-refractivity contribution >= 4 is 29.3 Å². The minimum absolute atomic E-state index is 0.185. The molecule has 2 aromatic rings. The van der Waals surface area contributed by atoms with Crippen LogP contribution < -0.4 is 25.7 Å². The number of hydrogen-bond acceptors (Lipinski definition) is 4. The average molecular weight is 286 g/mol. The maximum absolute atomic E-state index is 10.3. The smallest absolute Gasteiger partial charge is 0.275 e. The molecule has 0 unspecified atom stereocenters. The molecule has 6 nitrogen and oxygen atoms in total. The van der Waals surface area contributed by atoms with Gasteiger partial charge in [-0.05, 0) is 24.8 Å². The standard InChI is InChI=1S/C15H19N5O/c1-10-14(15(21)20-8-4-7-19(10)20)17-13-6-5-11(18(2)3)9-12(13)16/h5-7,9,17H,1,4,8,16H2,2-3H3/p+1. The molecule has 0 bridgehead atoms. The van der Waals surface area contributed by atoms with Crippen LogP contribution in [0.15, 0.2) is 18.2 Å². The van der Waals surface area contributed by atoms with Gasteiger partial charge in [0.15, 0.2) is 11.9 Å². The highest BCUT2D eigenvalue weighted by Gasteiger charge is 2.24. The number of benzene rings is 1. The number of hydrogen-bond donors (Lipinski definition) is 3. The second-order valence-corrected chi connectivity index (χ2v) is 5.38. The van der Waals surface area contributed by atoms with Crippen LogP contribution >= 0.6 is 0 Å². The number of aromatic nitrogens is 2. The third kappa shape index (κ3) is 2.08. The van der Waals surface area contributed by atoms with Crippen LogP contribution in [-0.2, 0) is 6.54 Å². The molecule has 6 heteroatoms. The molecule has 110 valence electrons. The van der Waals surface area contributed by atoms with Gasteiger partial charge in [-0.25, -0.2) is 0 Å². The van der Waals surface area contributed by atoms with E-state index in [1.807, 2.05) is 47.8 Å². The van der Waals surface area contributed by atoms with Crippen LogP contribution in [0.2, 0.25) is 0 Å². The topological polar surface area (TPSA) is 72.3 Å². The van der Waals surface area contributed by atoms with E-state index in [1.165, 1.54) is 0 Å². The predicted molar refractivity (Wildman–Crippen MR) is 84.2 cm³/mol. The van der Waals surface area contributed by atoms with E-state index in [0.29, 0.717) is 11.4 Å². The third-order valence-electron chi connectivity index (χ3n) is 3.75. The summed E-state index contributed by atoms with van der Waals surface area (Å²) in [5.41, 5.74) is 9.09. The summed E-state index contributed by atoms with van der Waals surface area (Å²) in [5, 5.41) is 14.2. The van der Waals surface area contributed by atoms with Gasteiger partial charge >= 0.3 is 0 Å². The quantitative estimate of drug-likeness (QED) is 0.573. The monoisotopic (exact) mass is 286 g/mol. The Morgan fingerprint density at radius 3 is 2.81 bits per heavy atom. The summed E-state index contributed by atoms with van der Waals surface area (Å²) in [4.78, 5) is 1.99. The zero-order valence-corrected chi connectivity index (χ0v) is 12.3. The van der Waals surface area contributed by atoms with Crippen LogP contribution in [-0.4, -0.2) is 23.9 Å². The fourth-order valence-corrected chi connectivity index (χ4v) is 2.55. The second-order valence-electron chi connectivity index (χ2n) is 5.38. The summed E-state index contributed by atoms with van der Waals surface area (Å²) < 4.78 is 3.65. The van der Waals surface area contributed by atoms with Gasteiger partial charge < -0.3 is 21.1 Å². The summed E-state index contributed by atoms with van der Waals surface area (Å²) in [6, 6.07) is 5.77. The van der Waals surface area contributed by atoms with Gasteiger partial charge in [-0.3, -0.25) is 0 Å². The summed E-state index contributed by atoms with van der Waals surface area (Å²) in [5.74, 6) is 0.185. The SMILES string of the molecule is C=c1c(Nc2ccc(N(C)C)cc2N)c(O)n2[n+]1=CCC2. The van der Waals surface area contributed by atoms with Crippen molar-refractivity contribution in [3.8, 4) is 5.88 Å². The highest BCUT2D eigenvalue weighted by molar-refractivity contribution is 5.77. The van der Waals surface area contributed by atoms with Crippen LogP contribution in [0.4, 0.5) is 22.7 Å². The molecule has 0 atom stereocenters. The summed E-state index contributed by atoms with van der Waals surface area (Å²) >= 11 is 0.